The van der Waals surface area contributed by atoms with Crippen molar-refractivity contribution < 1.29 is 24.5 Å². The van der Waals surface area contributed by atoms with Gasteiger partial charge in [0.15, 0.2) is 0 Å². The molecule has 0 saturated carbocycles. The number of carbonyl (C=O) groups is 2. The third-order valence-corrected chi connectivity index (χ3v) is 3.41. The lowest BCUT2D eigenvalue weighted by molar-refractivity contribution is -0.255. The van der Waals surface area contributed by atoms with Crippen LogP contribution in [0.25, 0.3) is 0 Å². The van der Waals surface area contributed by atoms with Crippen LogP contribution in [0, 0.1) is 6.92 Å². The third kappa shape index (κ3) is 4.57. The number of carboxylic acid groups (broad SMARTS) is 1. The third-order valence-electron chi connectivity index (χ3n) is 3.41. The summed E-state index contributed by atoms with van der Waals surface area (Å²) >= 11 is 0. The fraction of sp³-hybridized carbons (Fsp3) is 0.222. The Morgan fingerprint density at radius 3 is 2.42 bits per heavy atom. The van der Waals surface area contributed by atoms with Crippen LogP contribution in [0.2, 0.25) is 0 Å². The number of rotatable bonds is 7. The molecule has 0 radical (unpaired) electrons. The van der Waals surface area contributed by atoms with Crippen molar-refractivity contribution in [3.05, 3.63) is 65.2 Å². The maximum absolute atomic E-state index is 12.0. The SMILES string of the molecule is Cc1ccccc1OC[C@H](O)CNC(=O)c1ccccc1C(=O)[O-]. The van der Waals surface area contributed by atoms with Crippen molar-refractivity contribution in [1.82, 2.24) is 5.32 Å². The standard InChI is InChI=1S/C18H19NO5/c1-12-6-2-5-9-16(12)24-11-13(20)10-19-17(21)14-7-3-4-8-15(14)18(22)23/h2-9,13,20H,10-11H2,1H3,(H,19,21)(H,22,23)/p-1/t13-/m1/s1. The largest absolute Gasteiger partial charge is 0.545 e. The van der Waals surface area contributed by atoms with E-state index in [1.54, 1.807) is 12.1 Å². The van der Waals surface area contributed by atoms with E-state index in [0.29, 0.717) is 5.75 Å². The Morgan fingerprint density at radius 1 is 1.12 bits per heavy atom. The van der Waals surface area contributed by atoms with Gasteiger partial charge < -0.3 is 25.1 Å². The molecule has 126 valence electrons. The van der Waals surface area contributed by atoms with Gasteiger partial charge >= 0.3 is 0 Å². The highest BCUT2D eigenvalue weighted by Gasteiger charge is 2.13. The van der Waals surface area contributed by atoms with Gasteiger partial charge in [-0.25, -0.2) is 0 Å². The molecule has 1 amide bonds. The quantitative estimate of drug-likeness (QED) is 0.772. The van der Waals surface area contributed by atoms with E-state index >= 15 is 0 Å². The average molecular weight is 328 g/mol. The number of amides is 1. The van der Waals surface area contributed by atoms with Crippen LogP contribution in [-0.2, 0) is 0 Å². The van der Waals surface area contributed by atoms with Gasteiger partial charge in [0.1, 0.15) is 18.5 Å². The molecule has 2 aromatic carbocycles. The second-order valence-corrected chi connectivity index (χ2v) is 5.27. The maximum Gasteiger partial charge on any atom is 0.252 e. The van der Waals surface area contributed by atoms with Gasteiger partial charge in [0.2, 0.25) is 0 Å². The van der Waals surface area contributed by atoms with Crippen molar-refractivity contribution in [2.75, 3.05) is 13.2 Å². The zero-order chi connectivity index (χ0) is 17.5. The second-order valence-electron chi connectivity index (χ2n) is 5.27. The van der Waals surface area contributed by atoms with E-state index < -0.39 is 18.0 Å². The molecule has 2 N–H and O–H groups in total. The summed E-state index contributed by atoms with van der Waals surface area (Å²) in [5.74, 6) is -1.36. The van der Waals surface area contributed by atoms with Gasteiger partial charge in [-0.3, -0.25) is 4.79 Å². The topological polar surface area (TPSA) is 98.7 Å². The van der Waals surface area contributed by atoms with Crippen molar-refractivity contribution in [3.63, 3.8) is 0 Å². The van der Waals surface area contributed by atoms with Gasteiger partial charge in [-0.2, -0.15) is 0 Å². The minimum Gasteiger partial charge on any atom is -0.545 e. The number of aromatic carboxylic acids is 1. The van der Waals surface area contributed by atoms with E-state index in [9.17, 15) is 19.8 Å². The zero-order valence-corrected chi connectivity index (χ0v) is 13.2. The summed E-state index contributed by atoms with van der Waals surface area (Å²) in [6, 6.07) is 13.1. The average Bonchev–Trinajstić information content (AvgIpc) is 2.59. The number of hydrogen-bond donors (Lipinski definition) is 2. The first kappa shape index (κ1) is 17.5. The summed E-state index contributed by atoms with van der Waals surface area (Å²) in [5.41, 5.74) is 0.738. The number of aliphatic hydroxyl groups is 1. The van der Waals surface area contributed by atoms with E-state index in [1.165, 1.54) is 18.2 Å². The number of benzene rings is 2. The van der Waals surface area contributed by atoms with Crippen molar-refractivity contribution in [3.8, 4) is 5.75 Å². The first-order valence-corrected chi connectivity index (χ1v) is 7.44. The fourth-order valence-corrected chi connectivity index (χ4v) is 2.13. The van der Waals surface area contributed by atoms with Crippen LogP contribution in [0.5, 0.6) is 5.75 Å². The molecule has 2 rings (SSSR count). The minimum absolute atomic E-state index is 0.00721. The summed E-state index contributed by atoms with van der Waals surface area (Å²) in [4.78, 5) is 23.0. The first-order valence-electron chi connectivity index (χ1n) is 7.44. The Hall–Kier alpha value is -2.86. The molecule has 0 spiro atoms. The number of carbonyl (C=O) groups excluding carboxylic acids is 2. The zero-order valence-electron chi connectivity index (χ0n) is 13.2. The molecule has 2 aromatic rings. The number of aryl methyl sites for hydroxylation is 1. The molecule has 0 aliphatic rings. The number of ether oxygens (including phenoxy) is 1. The van der Waals surface area contributed by atoms with Gasteiger partial charge in [-0.15, -0.1) is 0 Å². The highest BCUT2D eigenvalue weighted by molar-refractivity contribution is 6.04. The Balaban J connectivity index is 1.88. The van der Waals surface area contributed by atoms with Crippen LogP contribution in [0.4, 0.5) is 0 Å². The monoisotopic (exact) mass is 328 g/mol. The number of nitrogens with one attached hydrogen (secondary N) is 1. The van der Waals surface area contributed by atoms with Crippen LogP contribution < -0.4 is 15.2 Å². The Kier molecular flexibility index (Phi) is 5.92. The van der Waals surface area contributed by atoms with Gasteiger partial charge in [0, 0.05) is 17.7 Å². The van der Waals surface area contributed by atoms with Crippen molar-refractivity contribution >= 4 is 11.9 Å². The van der Waals surface area contributed by atoms with E-state index in [2.05, 4.69) is 5.32 Å². The highest BCUT2D eigenvalue weighted by atomic mass is 16.5. The number of aliphatic hydroxyl groups excluding tert-OH is 1. The van der Waals surface area contributed by atoms with Crippen molar-refractivity contribution in [1.29, 1.82) is 0 Å². The lowest BCUT2D eigenvalue weighted by Crippen LogP contribution is -2.36. The van der Waals surface area contributed by atoms with Crippen LogP contribution in [0.1, 0.15) is 26.3 Å². The molecule has 0 heterocycles. The molecule has 1 atom stereocenters. The van der Waals surface area contributed by atoms with Gasteiger partial charge in [0.05, 0.1) is 5.97 Å². The van der Waals surface area contributed by atoms with Crippen LogP contribution in [0.3, 0.4) is 0 Å². The minimum atomic E-state index is -1.43. The predicted octanol–water partition coefficient (Wildman–Crippen LogP) is 0.528. The Bertz CT molecular complexity index is 729. The molecule has 0 saturated heterocycles. The van der Waals surface area contributed by atoms with Gasteiger partial charge in [0.25, 0.3) is 5.91 Å². The van der Waals surface area contributed by atoms with E-state index in [1.807, 2.05) is 25.1 Å². The highest BCUT2D eigenvalue weighted by Crippen LogP contribution is 2.16. The summed E-state index contributed by atoms with van der Waals surface area (Å²) in [6.45, 7) is 1.83. The molecule has 0 unspecified atom stereocenters. The molecule has 0 aromatic heterocycles. The van der Waals surface area contributed by atoms with Gasteiger partial charge in [-0.1, -0.05) is 36.4 Å². The Labute approximate surface area is 139 Å². The lowest BCUT2D eigenvalue weighted by Gasteiger charge is -2.15. The number of hydrogen-bond acceptors (Lipinski definition) is 5. The molecule has 0 aliphatic carbocycles. The second kappa shape index (κ2) is 8.12. The molecule has 24 heavy (non-hydrogen) atoms. The summed E-state index contributed by atoms with van der Waals surface area (Å²) < 4.78 is 5.49. The number of carboxylic acids is 1. The molecule has 6 nitrogen and oxygen atoms in total. The van der Waals surface area contributed by atoms with Crippen LogP contribution >= 0.6 is 0 Å². The van der Waals surface area contributed by atoms with E-state index in [4.69, 9.17) is 4.74 Å². The fourth-order valence-electron chi connectivity index (χ4n) is 2.13. The van der Waals surface area contributed by atoms with E-state index in [-0.39, 0.29) is 24.3 Å². The summed E-state index contributed by atoms with van der Waals surface area (Å²) in [6.07, 6.45) is -0.927. The molecular formula is C18H18NO5-. The molecule has 0 aliphatic heterocycles. The van der Waals surface area contributed by atoms with Gasteiger partial charge in [-0.05, 0) is 24.6 Å². The predicted molar refractivity (Wildman–Crippen MR) is 85.8 cm³/mol. The summed E-state index contributed by atoms with van der Waals surface area (Å²) in [7, 11) is 0. The lowest BCUT2D eigenvalue weighted by atomic mass is 10.1. The van der Waals surface area contributed by atoms with Crippen molar-refractivity contribution in [2.24, 2.45) is 0 Å². The van der Waals surface area contributed by atoms with E-state index in [0.717, 1.165) is 5.56 Å². The van der Waals surface area contributed by atoms with Crippen LogP contribution in [-0.4, -0.2) is 36.2 Å². The maximum atomic E-state index is 12.0. The molecule has 0 bridgehead atoms. The molecule has 0 fully saturated rings. The molecular weight excluding hydrogens is 310 g/mol. The number of para-hydroxylation sites is 1. The molecule has 6 heteroatoms. The van der Waals surface area contributed by atoms with Crippen molar-refractivity contribution in [2.45, 2.75) is 13.0 Å². The summed E-state index contributed by atoms with van der Waals surface area (Å²) in [5, 5.41) is 23.4. The Morgan fingerprint density at radius 2 is 1.75 bits per heavy atom. The normalized spacial score (nSPS) is 11.6. The smallest absolute Gasteiger partial charge is 0.252 e. The van der Waals surface area contributed by atoms with Crippen LogP contribution in [0.15, 0.2) is 48.5 Å². The first-order chi connectivity index (χ1) is 11.5.